The van der Waals surface area contributed by atoms with Crippen molar-refractivity contribution in [1.29, 1.82) is 0 Å². The third-order valence-electron chi connectivity index (χ3n) is 2.34. The van der Waals surface area contributed by atoms with Crippen LogP contribution in [0.25, 0.3) is 0 Å². The fourth-order valence-electron chi connectivity index (χ4n) is 1.41. The summed E-state index contributed by atoms with van der Waals surface area (Å²) in [7, 11) is 2.66. The molecule has 5 nitrogen and oxygen atoms in total. The van der Waals surface area contributed by atoms with Gasteiger partial charge in [0, 0.05) is 7.11 Å². The second kappa shape index (κ2) is 7.13. The van der Waals surface area contributed by atoms with Gasteiger partial charge in [0.15, 0.2) is 0 Å². The summed E-state index contributed by atoms with van der Waals surface area (Å²) >= 11 is 1.29. The molecule has 0 aliphatic rings. The molecule has 1 atom stereocenters. The lowest BCUT2D eigenvalue weighted by Gasteiger charge is -2.14. The molecule has 6 heteroatoms. The van der Waals surface area contributed by atoms with E-state index in [1.807, 2.05) is 18.4 Å². The summed E-state index contributed by atoms with van der Waals surface area (Å²) in [5.41, 5.74) is 0.908. The second-order valence-corrected chi connectivity index (χ2v) is 4.42. The molecule has 0 aliphatic carbocycles. The van der Waals surface area contributed by atoms with Crippen molar-refractivity contribution in [2.24, 2.45) is 0 Å². The van der Waals surface area contributed by atoms with E-state index in [0.717, 1.165) is 12.0 Å². The van der Waals surface area contributed by atoms with Gasteiger partial charge in [0.1, 0.15) is 4.88 Å². The van der Waals surface area contributed by atoms with E-state index in [2.05, 4.69) is 4.74 Å². The predicted molar refractivity (Wildman–Crippen MR) is 66.8 cm³/mol. The van der Waals surface area contributed by atoms with Crippen molar-refractivity contribution in [2.75, 3.05) is 20.8 Å². The molecular weight excluding hydrogens is 256 g/mol. The maximum atomic E-state index is 11.9. The Hall–Kier alpha value is -1.40. The monoisotopic (exact) mass is 272 g/mol. The average molecular weight is 272 g/mol. The molecule has 1 rings (SSSR count). The van der Waals surface area contributed by atoms with Crippen LogP contribution in [0, 0.1) is 0 Å². The van der Waals surface area contributed by atoms with Crippen molar-refractivity contribution in [3.63, 3.8) is 0 Å². The van der Waals surface area contributed by atoms with Crippen LogP contribution in [-0.4, -0.2) is 38.9 Å². The van der Waals surface area contributed by atoms with Gasteiger partial charge in [0.25, 0.3) is 0 Å². The smallest absolute Gasteiger partial charge is 0.349 e. The topological polar surface area (TPSA) is 61.8 Å². The van der Waals surface area contributed by atoms with Gasteiger partial charge >= 0.3 is 11.9 Å². The fourth-order valence-corrected chi connectivity index (χ4v) is 2.29. The van der Waals surface area contributed by atoms with Gasteiger partial charge in [0.2, 0.25) is 6.10 Å². The Balaban J connectivity index is 2.75. The largest absolute Gasteiger partial charge is 0.466 e. The molecule has 1 heterocycles. The van der Waals surface area contributed by atoms with Crippen LogP contribution >= 0.6 is 11.3 Å². The molecule has 0 N–H and O–H groups in total. The Bertz CT molecular complexity index is 412. The van der Waals surface area contributed by atoms with Crippen molar-refractivity contribution < 1.29 is 23.8 Å². The van der Waals surface area contributed by atoms with Gasteiger partial charge in [-0.1, -0.05) is 6.92 Å². The Kier molecular flexibility index (Phi) is 5.80. The number of rotatable bonds is 6. The van der Waals surface area contributed by atoms with Gasteiger partial charge in [-0.05, 0) is 23.4 Å². The van der Waals surface area contributed by atoms with Gasteiger partial charge in [-0.25, -0.2) is 9.59 Å². The van der Waals surface area contributed by atoms with Gasteiger partial charge in [-0.3, -0.25) is 0 Å². The summed E-state index contributed by atoms with van der Waals surface area (Å²) in [6, 6.07) is 1.87. The number of carbonyl (C=O) groups excluding carboxylic acids is 2. The first-order chi connectivity index (χ1) is 8.63. The molecule has 0 spiro atoms. The van der Waals surface area contributed by atoms with Crippen LogP contribution < -0.4 is 0 Å². The molecule has 0 fully saturated rings. The minimum Gasteiger partial charge on any atom is -0.466 e. The molecule has 0 saturated carbocycles. The zero-order valence-electron chi connectivity index (χ0n) is 10.6. The van der Waals surface area contributed by atoms with E-state index in [0.29, 0.717) is 4.88 Å². The zero-order chi connectivity index (χ0) is 13.5. The van der Waals surface area contributed by atoms with Crippen LogP contribution in [0.15, 0.2) is 11.4 Å². The standard InChI is InChI=1S/C12H16O5S/c1-4-8-5-6-18-10(8)12(14)17-9(7-15-2)11(13)16-3/h5-6,9H,4,7H2,1-3H3. The quantitative estimate of drug-likeness (QED) is 0.737. The number of hydrogen-bond donors (Lipinski definition) is 0. The summed E-state index contributed by atoms with van der Waals surface area (Å²) < 4.78 is 14.5. The maximum Gasteiger partial charge on any atom is 0.349 e. The van der Waals surface area contributed by atoms with Crippen LogP contribution in [0.2, 0.25) is 0 Å². The predicted octanol–water partition coefficient (Wildman–Crippen LogP) is 1.66. The third kappa shape index (κ3) is 3.54. The number of carbonyl (C=O) groups is 2. The molecule has 1 aromatic rings. The van der Waals surface area contributed by atoms with E-state index in [1.54, 1.807) is 0 Å². The Morgan fingerprint density at radius 2 is 2.11 bits per heavy atom. The lowest BCUT2D eigenvalue weighted by Crippen LogP contribution is -2.32. The minimum absolute atomic E-state index is 0.0226. The van der Waals surface area contributed by atoms with Crippen molar-refractivity contribution in [3.8, 4) is 0 Å². The first-order valence-electron chi connectivity index (χ1n) is 5.48. The van der Waals surface area contributed by atoms with E-state index < -0.39 is 18.0 Å². The molecule has 18 heavy (non-hydrogen) atoms. The third-order valence-corrected chi connectivity index (χ3v) is 3.28. The molecule has 1 aromatic heterocycles. The highest BCUT2D eigenvalue weighted by Gasteiger charge is 2.25. The van der Waals surface area contributed by atoms with E-state index in [4.69, 9.17) is 9.47 Å². The highest BCUT2D eigenvalue weighted by Crippen LogP contribution is 2.19. The molecule has 0 amide bonds. The number of ether oxygens (including phenoxy) is 3. The van der Waals surface area contributed by atoms with Crippen LogP contribution in [-0.2, 0) is 25.4 Å². The van der Waals surface area contributed by atoms with Crippen molar-refractivity contribution in [2.45, 2.75) is 19.4 Å². The molecule has 0 radical (unpaired) electrons. The van der Waals surface area contributed by atoms with Gasteiger partial charge < -0.3 is 14.2 Å². The summed E-state index contributed by atoms with van der Waals surface area (Å²) in [6.45, 7) is 1.93. The van der Waals surface area contributed by atoms with Crippen molar-refractivity contribution >= 4 is 23.3 Å². The first-order valence-corrected chi connectivity index (χ1v) is 6.36. The van der Waals surface area contributed by atoms with E-state index in [9.17, 15) is 9.59 Å². The molecule has 100 valence electrons. The molecule has 0 bridgehead atoms. The van der Waals surface area contributed by atoms with E-state index >= 15 is 0 Å². The Labute approximate surface area is 110 Å². The lowest BCUT2D eigenvalue weighted by molar-refractivity contribution is -0.153. The number of thiophene rings is 1. The summed E-state index contributed by atoms with van der Waals surface area (Å²) in [4.78, 5) is 23.8. The van der Waals surface area contributed by atoms with Gasteiger partial charge in [-0.15, -0.1) is 11.3 Å². The molecular formula is C12H16O5S. The normalized spacial score (nSPS) is 11.9. The lowest BCUT2D eigenvalue weighted by atomic mass is 10.2. The van der Waals surface area contributed by atoms with Crippen LogP contribution in [0.3, 0.4) is 0 Å². The minimum atomic E-state index is -1.03. The number of methoxy groups -OCH3 is 2. The fraction of sp³-hybridized carbons (Fsp3) is 0.500. The van der Waals surface area contributed by atoms with Crippen molar-refractivity contribution in [1.82, 2.24) is 0 Å². The van der Waals surface area contributed by atoms with Gasteiger partial charge in [0.05, 0.1) is 13.7 Å². The van der Waals surface area contributed by atoms with E-state index in [-0.39, 0.29) is 6.61 Å². The SMILES string of the molecule is CCc1ccsc1C(=O)OC(COC)C(=O)OC. The Morgan fingerprint density at radius 3 is 2.67 bits per heavy atom. The Morgan fingerprint density at radius 1 is 1.39 bits per heavy atom. The number of esters is 2. The van der Waals surface area contributed by atoms with Crippen LogP contribution in [0.4, 0.5) is 0 Å². The van der Waals surface area contributed by atoms with Crippen molar-refractivity contribution in [3.05, 3.63) is 21.9 Å². The number of aryl methyl sites for hydroxylation is 1. The molecule has 1 unspecified atom stereocenters. The van der Waals surface area contributed by atoms with Gasteiger partial charge in [-0.2, -0.15) is 0 Å². The van der Waals surface area contributed by atoms with E-state index in [1.165, 1.54) is 25.6 Å². The van der Waals surface area contributed by atoms with Crippen LogP contribution in [0.5, 0.6) is 0 Å². The van der Waals surface area contributed by atoms with Crippen LogP contribution in [0.1, 0.15) is 22.2 Å². The molecule has 0 saturated heterocycles. The molecule has 0 aliphatic heterocycles. The summed E-state index contributed by atoms with van der Waals surface area (Å²) in [5, 5.41) is 1.82. The maximum absolute atomic E-state index is 11.9. The molecule has 0 aromatic carbocycles. The highest BCUT2D eigenvalue weighted by atomic mass is 32.1. The summed E-state index contributed by atoms with van der Waals surface area (Å²) in [5.74, 6) is -1.14. The highest BCUT2D eigenvalue weighted by molar-refractivity contribution is 7.12. The zero-order valence-corrected chi connectivity index (χ0v) is 11.4. The second-order valence-electron chi connectivity index (χ2n) is 3.50. The first kappa shape index (κ1) is 14.7. The number of hydrogen-bond acceptors (Lipinski definition) is 6. The average Bonchev–Trinajstić information content (AvgIpc) is 2.85. The summed E-state index contributed by atoms with van der Waals surface area (Å²) in [6.07, 6.45) is -0.291.